The molecule has 1 fully saturated rings. The van der Waals surface area contributed by atoms with E-state index in [4.69, 9.17) is 5.73 Å². The number of rotatable bonds is 6. The largest absolute Gasteiger partial charge is 0.399 e. The molecule has 0 aliphatic heterocycles. The molecule has 1 aliphatic carbocycles. The summed E-state index contributed by atoms with van der Waals surface area (Å²) in [6.45, 7) is 6.89. The molecule has 2 nitrogen and oxygen atoms in total. The van der Waals surface area contributed by atoms with Crippen molar-refractivity contribution in [3.8, 4) is 0 Å². The summed E-state index contributed by atoms with van der Waals surface area (Å²) in [5.41, 5.74) is 8.15. The third-order valence-corrected chi connectivity index (χ3v) is 4.70. The molecular formula is C18H30N2. The minimum atomic E-state index is 0.773. The molecule has 2 atom stereocenters. The number of anilines is 1. The highest BCUT2D eigenvalue weighted by Gasteiger charge is 2.25. The van der Waals surface area contributed by atoms with Gasteiger partial charge in [-0.2, -0.15) is 0 Å². The van der Waals surface area contributed by atoms with E-state index in [1.165, 1.54) is 50.6 Å². The maximum Gasteiger partial charge on any atom is 0.0317 e. The molecule has 0 spiro atoms. The average Bonchev–Trinajstić information content (AvgIpc) is 2.47. The number of hydrogen-bond acceptors (Lipinski definition) is 2. The quantitative estimate of drug-likeness (QED) is 0.777. The monoisotopic (exact) mass is 274 g/mol. The van der Waals surface area contributed by atoms with Crippen LogP contribution in [0.5, 0.6) is 0 Å². The zero-order chi connectivity index (χ0) is 14.4. The highest BCUT2D eigenvalue weighted by Crippen LogP contribution is 2.30. The normalized spacial score (nSPS) is 23.1. The predicted octanol–water partition coefficient (Wildman–Crippen LogP) is 4.45. The van der Waals surface area contributed by atoms with Gasteiger partial charge in [0.05, 0.1) is 0 Å². The van der Waals surface area contributed by atoms with Crippen LogP contribution in [0.2, 0.25) is 0 Å². The van der Waals surface area contributed by atoms with Gasteiger partial charge in [-0.25, -0.2) is 0 Å². The number of nitrogens with zero attached hydrogens (tertiary/aromatic N) is 1. The molecule has 1 aliphatic rings. The van der Waals surface area contributed by atoms with Gasteiger partial charge in [-0.15, -0.1) is 0 Å². The van der Waals surface area contributed by atoms with E-state index >= 15 is 0 Å². The lowest BCUT2D eigenvalue weighted by Crippen LogP contribution is -2.38. The Balaban J connectivity index is 2.02. The Morgan fingerprint density at radius 1 is 1.25 bits per heavy atom. The van der Waals surface area contributed by atoms with Crippen LogP contribution in [-0.2, 0) is 6.54 Å². The first kappa shape index (κ1) is 15.4. The summed E-state index contributed by atoms with van der Waals surface area (Å²) in [6.07, 6.45) is 8.17. The lowest BCUT2D eigenvalue weighted by Gasteiger charge is -2.37. The molecule has 2 unspecified atom stereocenters. The minimum absolute atomic E-state index is 0.773. The number of benzene rings is 1. The molecule has 0 radical (unpaired) electrons. The Hall–Kier alpha value is -1.02. The van der Waals surface area contributed by atoms with Gasteiger partial charge in [0.15, 0.2) is 0 Å². The van der Waals surface area contributed by atoms with Crippen LogP contribution in [0.3, 0.4) is 0 Å². The highest BCUT2D eigenvalue weighted by molar-refractivity contribution is 5.40. The van der Waals surface area contributed by atoms with Gasteiger partial charge in [0, 0.05) is 18.3 Å². The second-order valence-electron chi connectivity index (χ2n) is 6.31. The molecule has 0 heterocycles. The second-order valence-corrected chi connectivity index (χ2v) is 6.31. The molecule has 0 aromatic heterocycles. The molecule has 1 aromatic carbocycles. The first-order chi connectivity index (χ1) is 9.72. The average molecular weight is 274 g/mol. The predicted molar refractivity (Wildman–Crippen MR) is 87.6 cm³/mol. The maximum atomic E-state index is 5.91. The Labute approximate surface area is 124 Å². The molecule has 0 bridgehead atoms. The Morgan fingerprint density at radius 3 is 2.80 bits per heavy atom. The molecule has 0 amide bonds. The third kappa shape index (κ3) is 4.24. The molecular weight excluding hydrogens is 244 g/mol. The first-order valence-corrected chi connectivity index (χ1v) is 8.31. The van der Waals surface area contributed by atoms with Crippen LogP contribution < -0.4 is 5.73 Å². The maximum absolute atomic E-state index is 5.91. The fraction of sp³-hybridized carbons (Fsp3) is 0.667. The highest BCUT2D eigenvalue weighted by atomic mass is 15.1. The lowest BCUT2D eigenvalue weighted by molar-refractivity contribution is 0.121. The smallest absolute Gasteiger partial charge is 0.0317 e. The van der Waals surface area contributed by atoms with Gasteiger partial charge >= 0.3 is 0 Å². The second kappa shape index (κ2) is 7.68. The third-order valence-electron chi connectivity index (χ3n) is 4.70. The molecule has 0 saturated heterocycles. The summed E-state index contributed by atoms with van der Waals surface area (Å²) in [5.74, 6) is 0.939. The summed E-state index contributed by atoms with van der Waals surface area (Å²) in [6, 6.07) is 9.16. The molecule has 2 heteroatoms. The lowest BCUT2D eigenvalue weighted by atomic mass is 9.83. The SMILES string of the molecule is CCCN(Cc1cccc(N)c1)C1CCCC(CC)C1. The van der Waals surface area contributed by atoms with E-state index < -0.39 is 0 Å². The van der Waals surface area contributed by atoms with Gasteiger partial charge in [-0.3, -0.25) is 4.90 Å². The van der Waals surface area contributed by atoms with Crippen molar-refractivity contribution in [1.29, 1.82) is 0 Å². The molecule has 112 valence electrons. The van der Waals surface area contributed by atoms with Gasteiger partial charge in [0.2, 0.25) is 0 Å². The van der Waals surface area contributed by atoms with Crippen molar-refractivity contribution in [3.05, 3.63) is 29.8 Å². The van der Waals surface area contributed by atoms with Crippen LogP contribution in [0.4, 0.5) is 5.69 Å². The summed E-state index contributed by atoms with van der Waals surface area (Å²) >= 11 is 0. The van der Waals surface area contributed by atoms with Gasteiger partial charge in [0.1, 0.15) is 0 Å². The molecule has 20 heavy (non-hydrogen) atoms. The van der Waals surface area contributed by atoms with Gasteiger partial charge < -0.3 is 5.73 Å². The minimum Gasteiger partial charge on any atom is -0.399 e. The van der Waals surface area contributed by atoms with E-state index in [1.807, 2.05) is 6.07 Å². The van der Waals surface area contributed by atoms with Crippen molar-refractivity contribution in [2.75, 3.05) is 12.3 Å². The zero-order valence-corrected chi connectivity index (χ0v) is 13.1. The standard InChI is InChI=1S/C18H30N2/c1-3-11-20(14-16-8-5-9-17(19)12-16)18-10-6-7-15(4-2)13-18/h5,8-9,12,15,18H,3-4,6-7,10-11,13-14,19H2,1-2H3. The summed E-state index contributed by atoms with van der Waals surface area (Å²) in [4.78, 5) is 2.69. The van der Waals surface area contributed by atoms with Crippen LogP contribution >= 0.6 is 0 Å². The zero-order valence-electron chi connectivity index (χ0n) is 13.1. The summed E-state index contributed by atoms with van der Waals surface area (Å²) < 4.78 is 0. The van der Waals surface area contributed by atoms with Crippen LogP contribution in [-0.4, -0.2) is 17.5 Å². The Kier molecular flexibility index (Phi) is 5.90. The van der Waals surface area contributed by atoms with Crippen LogP contribution in [0.25, 0.3) is 0 Å². The molecule has 1 saturated carbocycles. The van der Waals surface area contributed by atoms with E-state index in [9.17, 15) is 0 Å². The molecule has 1 aromatic rings. The van der Waals surface area contributed by atoms with Gasteiger partial charge in [0.25, 0.3) is 0 Å². The van der Waals surface area contributed by atoms with Crippen molar-refractivity contribution in [2.24, 2.45) is 5.92 Å². The van der Waals surface area contributed by atoms with Crippen molar-refractivity contribution in [2.45, 2.75) is 65.0 Å². The van der Waals surface area contributed by atoms with E-state index in [1.54, 1.807) is 0 Å². The van der Waals surface area contributed by atoms with Crippen molar-refractivity contribution in [3.63, 3.8) is 0 Å². The van der Waals surface area contributed by atoms with Crippen LogP contribution in [0.1, 0.15) is 57.9 Å². The number of nitrogen functional groups attached to an aromatic ring is 1. The van der Waals surface area contributed by atoms with Crippen molar-refractivity contribution < 1.29 is 0 Å². The van der Waals surface area contributed by atoms with Gasteiger partial charge in [-0.1, -0.05) is 45.2 Å². The molecule has 2 rings (SSSR count). The Bertz CT molecular complexity index is 402. The van der Waals surface area contributed by atoms with E-state index in [-0.39, 0.29) is 0 Å². The first-order valence-electron chi connectivity index (χ1n) is 8.31. The van der Waals surface area contributed by atoms with E-state index in [0.717, 1.165) is 24.2 Å². The van der Waals surface area contributed by atoms with Gasteiger partial charge in [-0.05, 0) is 49.4 Å². The van der Waals surface area contributed by atoms with Crippen LogP contribution in [0, 0.1) is 5.92 Å². The van der Waals surface area contributed by atoms with E-state index in [2.05, 4.69) is 36.9 Å². The Morgan fingerprint density at radius 2 is 2.10 bits per heavy atom. The van der Waals surface area contributed by atoms with E-state index in [0.29, 0.717) is 0 Å². The topological polar surface area (TPSA) is 29.3 Å². The molecule has 2 N–H and O–H groups in total. The summed E-state index contributed by atoms with van der Waals surface area (Å²) in [5, 5.41) is 0. The number of hydrogen-bond donors (Lipinski definition) is 1. The van der Waals surface area contributed by atoms with Crippen molar-refractivity contribution in [1.82, 2.24) is 4.90 Å². The fourth-order valence-corrected chi connectivity index (χ4v) is 3.57. The van der Waals surface area contributed by atoms with Crippen LogP contribution in [0.15, 0.2) is 24.3 Å². The van der Waals surface area contributed by atoms with Crippen molar-refractivity contribution >= 4 is 5.69 Å². The summed E-state index contributed by atoms with van der Waals surface area (Å²) in [7, 11) is 0. The number of nitrogens with two attached hydrogens (primary N) is 1. The fourth-order valence-electron chi connectivity index (χ4n) is 3.57.